The van der Waals surface area contributed by atoms with Crippen molar-refractivity contribution in [2.45, 2.75) is 51.0 Å². The first-order chi connectivity index (χ1) is 9.81. The van der Waals surface area contributed by atoms with E-state index in [2.05, 4.69) is 0 Å². The number of hydrogen-bond donors (Lipinski definition) is 3. The van der Waals surface area contributed by atoms with Crippen LogP contribution >= 0.6 is 0 Å². The van der Waals surface area contributed by atoms with Crippen molar-refractivity contribution in [2.24, 2.45) is 11.8 Å². The van der Waals surface area contributed by atoms with Crippen LogP contribution in [-0.4, -0.2) is 44.9 Å². The quantitative estimate of drug-likeness (QED) is 0.569. The number of aliphatic hydroxyl groups is 1. The molecule has 0 aromatic carbocycles. The lowest BCUT2D eigenvalue weighted by molar-refractivity contribution is -0.138. The number of rotatable bonds is 9. The molecule has 0 saturated heterocycles. The van der Waals surface area contributed by atoms with Crippen molar-refractivity contribution < 1.29 is 34.5 Å². The predicted molar refractivity (Wildman–Crippen MR) is 70.6 cm³/mol. The van der Waals surface area contributed by atoms with Gasteiger partial charge in [-0.05, 0) is 18.8 Å². The first-order valence-electron chi connectivity index (χ1n) is 6.97. The van der Waals surface area contributed by atoms with E-state index in [-0.39, 0.29) is 56.5 Å². The van der Waals surface area contributed by atoms with Crippen molar-refractivity contribution >= 4 is 23.5 Å². The largest absolute Gasteiger partial charge is 0.481 e. The van der Waals surface area contributed by atoms with Crippen molar-refractivity contribution in [1.29, 1.82) is 0 Å². The fourth-order valence-electron chi connectivity index (χ4n) is 2.76. The van der Waals surface area contributed by atoms with Crippen LogP contribution in [-0.2, 0) is 19.2 Å². The molecule has 0 unspecified atom stereocenters. The maximum absolute atomic E-state index is 11.8. The second kappa shape index (κ2) is 7.87. The van der Waals surface area contributed by atoms with E-state index in [1.54, 1.807) is 0 Å². The van der Waals surface area contributed by atoms with Gasteiger partial charge in [-0.25, -0.2) is 0 Å². The van der Waals surface area contributed by atoms with Gasteiger partial charge in [-0.1, -0.05) is 0 Å². The van der Waals surface area contributed by atoms with Crippen LogP contribution < -0.4 is 0 Å². The van der Waals surface area contributed by atoms with Gasteiger partial charge in [0.25, 0.3) is 0 Å². The molecule has 1 aliphatic carbocycles. The molecular formula is C14H20O7. The fraction of sp³-hybridized carbons (Fsp3) is 0.714. The Labute approximate surface area is 122 Å². The van der Waals surface area contributed by atoms with E-state index >= 15 is 0 Å². The Morgan fingerprint density at radius 2 is 1.57 bits per heavy atom. The lowest BCUT2D eigenvalue weighted by Gasteiger charge is -2.19. The topological polar surface area (TPSA) is 129 Å². The van der Waals surface area contributed by atoms with E-state index in [4.69, 9.17) is 10.2 Å². The van der Waals surface area contributed by atoms with Gasteiger partial charge in [0.05, 0.1) is 12.5 Å². The molecule has 1 rings (SSSR count). The number of aliphatic carboxylic acids is 2. The van der Waals surface area contributed by atoms with E-state index in [1.165, 1.54) is 0 Å². The summed E-state index contributed by atoms with van der Waals surface area (Å²) in [6.07, 6.45) is -0.747. The minimum absolute atomic E-state index is 0.00172. The average molecular weight is 300 g/mol. The van der Waals surface area contributed by atoms with Crippen LogP contribution in [0.4, 0.5) is 0 Å². The summed E-state index contributed by atoms with van der Waals surface area (Å²) < 4.78 is 0. The molecule has 7 heteroatoms. The summed E-state index contributed by atoms with van der Waals surface area (Å²) >= 11 is 0. The summed E-state index contributed by atoms with van der Waals surface area (Å²) in [5.41, 5.74) is 0. The zero-order valence-corrected chi connectivity index (χ0v) is 11.7. The monoisotopic (exact) mass is 300 g/mol. The molecule has 1 saturated carbocycles. The highest BCUT2D eigenvalue weighted by molar-refractivity contribution is 5.86. The average Bonchev–Trinajstić information content (AvgIpc) is 2.65. The Bertz CT molecular complexity index is 429. The van der Waals surface area contributed by atoms with Crippen molar-refractivity contribution in [3.8, 4) is 0 Å². The lowest BCUT2D eigenvalue weighted by Crippen LogP contribution is -2.22. The number of hydrogen-bond acceptors (Lipinski definition) is 5. The van der Waals surface area contributed by atoms with Gasteiger partial charge in [-0.3, -0.25) is 19.2 Å². The first kappa shape index (κ1) is 17.3. The third kappa shape index (κ3) is 5.63. The third-order valence-electron chi connectivity index (χ3n) is 3.88. The number of carboxylic acids is 2. The van der Waals surface area contributed by atoms with Gasteiger partial charge in [0.1, 0.15) is 11.6 Å². The molecule has 0 heterocycles. The molecule has 0 radical (unpaired) electrons. The van der Waals surface area contributed by atoms with E-state index < -0.39 is 29.9 Å². The van der Waals surface area contributed by atoms with Gasteiger partial charge in [0.2, 0.25) is 0 Å². The van der Waals surface area contributed by atoms with E-state index in [9.17, 15) is 24.3 Å². The standard InChI is InChI=1S/C14H20O7/c15-8(2-5-13(18)19)1-3-9-10(4-6-14(20)21)12(17)7-11(9)16/h9-10,12,17H,1-7H2,(H,18,19)(H,20,21)/t9-,10+,12+/m1/s1. The summed E-state index contributed by atoms with van der Waals surface area (Å²) in [6.45, 7) is 0. The molecular weight excluding hydrogens is 280 g/mol. The molecule has 0 aromatic rings. The van der Waals surface area contributed by atoms with E-state index in [0.717, 1.165) is 0 Å². The SMILES string of the molecule is O=C(O)CCC(=O)CC[C@H]1C(=O)C[C@H](O)[C@H]1CCC(=O)O. The van der Waals surface area contributed by atoms with Crippen LogP contribution in [0, 0.1) is 11.8 Å². The van der Waals surface area contributed by atoms with E-state index in [1.807, 2.05) is 0 Å². The van der Waals surface area contributed by atoms with Gasteiger partial charge in [0.15, 0.2) is 0 Å². The minimum atomic E-state index is -1.05. The zero-order chi connectivity index (χ0) is 16.0. The lowest BCUT2D eigenvalue weighted by atomic mass is 9.86. The van der Waals surface area contributed by atoms with Gasteiger partial charge >= 0.3 is 11.9 Å². The Hall–Kier alpha value is -1.76. The molecule has 1 fully saturated rings. The van der Waals surface area contributed by atoms with Crippen molar-refractivity contribution in [3.05, 3.63) is 0 Å². The molecule has 0 amide bonds. The normalized spacial score (nSPS) is 25.0. The van der Waals surface area contributed by atoms with Crippen LogP contribution in [0.3, 0.4) is 0 Å². The summed E-state index contributed by atoms with van der Waals surface area (Å²) in [6, 6.07) is 0. The second-order valence-electron chi connectivity index (χ2n) is 5.41. The minimum Gasteiger partial charge on any atom is -0.481 e. The highest BCUT2D eigenvalue weighted by Crippen LogP contribution is 2.35. The predicted octanol–water partition coefficient (Wildman–Crippen LogP) is 0.631. The molecule has 118 valence electrons. The molecule has 7 nitrogen and oxygen atoms in total. The molecule has 3 atom stereocenters. The van der Waals surface area contributed by atoms with Gasteiger partial charge in [-0.15, -0.1) is 0 Å². The maximum Gasteiger partial charge on any atom is 0.303 e. The van der Waals surface area contributed by atoms with Crippen molar-refractivity contribution in [3.63, 3.8) is 0 Å². The van der Waals surface area contributed by atoms with Crippen LogP contribution in [0.25, 0.3) is 0 Å². The Morgan fingerprint density at radius 3 is 2.14 bits per heavy atom. The first-order valence-corrected chi connectivity index (χ1v) is 6.97. The smallest absolute Gasteiger partial charge is 0.303 e. The van der Waals surface area contributed by atoms with Crippen LogP contribution in [0.2, 0.25) is 0 Å². The van der Waals surface area contributed by atoms with E-state index in [0.29, 0.717) is 0 Å². The molecule has 21 heavy (non-hydrogen) atoms. The molecule has 0 bridgehead atoms. The number of carbonyl (C=O) groups is 4. The Morgan fingerprint density at radius 1 is 0.952 bits per heavy atom. The number of carbonyl (C=O) groups excluding carboxylic acids is 2. The summed E-state index contributed by atoms with van der Waals surface area (Å²) in [7, 11) is 0. The van der Waals surface area contributed by atoms with Gasteiger partial charge in [0, 0.05) is 31.6 Å². The van der Waals surface area contributed by atoms with Gasteiger partial charge < -0.3 is 15.3 Å². The summed E-state index contributed by atoms with van der Waals surface area (Å²) in [5.74, 6) is -3.35. The molecule has 0 aromatic heterocycles. The highest BCUT2D eigenvalue weighted by atomic mass is 16.4. The van der Waals surface area contributed by atoms with Crippen molar-refractivity contribution in [1.82, 2.24) is 0 Å². The Balaban J connectivity index is 2.49. The fourth-order valence-corrected chi connectivity index (χ4v) is 2.76. The maximum atomic E-state index is 11.8. The highest BCUT2D eigenvalue weighted by Gasteiger charge is 2.41. The summed E-state index contributed by atoms with van der Waals surface area (Å²) in [5, 5.41) is 27.0. The third-order valence-corrected chi connectivity index (χ3v) is 3.88. The van der Waals surface area contributed by atoms with Crippen LogP contribution in [0.15, 0.2) is 0 Å². The number of Topliss-reactive ketones (excluding diaryl/α,β-unsaturated/α-hetero) is 2. The van der Waals surface area contributed by atoms with Crippen molar-refractivity contribution in [2.75, 3.05) is 0 Å². The molecule has 3 N–H and O–H groups in total. The zero-order valence-electron chi connectivity index (χ0n) is 11.7. The number of carboxylic acid groups (broad SMARTS) is 2. The second-order valence-corrected chi connectivity index (χ2v) is 5.41. The van der Waals surface area contributed by atoms with Gasteiger partial charge in [-0.2, -0.15) is 0 Å². The number of aliphatic hydroxyl groups excluding tert-OH is 1. The Kier molecular flexibility index (Phi) is 6.48. The molecule has 0 aliphatic heterocycles. The molecule has 1 aliphatic rings. The number of ketones is 2. The van der Waals surface area contributed by atoms with Crippen LogP contribution in [0.5, 0.6) is 0 Å². The summed E-state index contributed by atoms with van der Waals surface area (Å²) in [4.78, 5) is 44.3. The van der Waals surface area contributed by atoms with Crippen LogP contribution in [0.1, 0.15) is 44.9 Å². The molecule has 0 spiro atoms.